The lowest BCUT2D eigenvalue weighted by atomic mass is 9.99. The number of pyridine rings is 1. The first-order valence-electron chi connectivity index (χ1n) is 9.99. The van der Waals surface area contributed by atoms with Crippen molar-refractivity contribution >= 4 is 45.7 Å². The number of rotatable bonds is 3. The van der Waals surface area contributed by atoms with E-state index in [2.05, 4.69) is 11.4 Å². The van der Waals surface area contributed by atoms with E-state index in [4.69, 9.17) is 28.2 Å². The highest BCUT2D eigenvalue weighted by Crippen LogP contribution is 2.33. The van der Waals surface area contributed by atoms with Gasteiger partial charge in [-0.3, -0.25) is 4.79 Å². The number of benzene rings is 3. The van der Waals surface area contributed by atoms with Gasteiger partial charge in [-0.15, -0.1) is 0 Å². The molecule has 0 aliphatic rings. The molecule has 0 unspecified atom stereocenters. The SMILES string of the molecule is Cc1cc(C)c2nc(-c3ccc(Cl)cc3Cl)cc(C(=O)Nc3c(C)cccc3C)c2c1. The average Bonchev–Trinajstić information content (AvgIpc) is 2.70. The van der Waals surface area contributed by atoms with Gasteiger partial charge in [0.05, 0.1) is 21.8 Å². The zero-order chi connectivity index (χ0) is 22.3. The Kier molecular flexibility index (Phi) is 5.74. The second-order valence-electron chi connectivity index (χ2n) is 7.88. The fourth-order valence-corrected chi connectivity index (χ4v) is 4.40. The topological polar surface area (TPSA) is 42.0 Å². The molecular weight excluding hydrogens is 427 g/mol. The number of hydrogen-bond acceptors (Lipinski definition) is 2. The number of aromatic nitrogens is 1. The van der Waals surface area contributed by atoms with E-state index in [0.717, 1.165) is 44.4 Å². The number of nitrogens with one attached hydrogen (secondary N) is 1. The van der Waals surface area contributed by atoms with Gasteiger partial charge in [0, 0.05) is 21.7 Å². The van der Waals surface area contributed by atoms with Crippen LogP contribution in [0.2, 0.25) is 10.0 Å². The number of amides is 1. The van der Waals surface area contributed by atoms with Crippen LogP contribution in [0.4, 0.5) is 5.69 Å². The molecule has 0 aliphatic heterocycles. The zero-order valence-electron chi connectivity index (χ0n) is 17.8. The number of carbonyl (C=O) groups is 1. The number of fused-ring (bicyclic) bond motifs is 1. The number of aryl methyl sites for hydroxylation is 4. The number of hydrogen-bond donors (Lipinski definition) is 1. The maximum Gasteiger partial charge on any atom is 0.256 e. The van der Waals surface area contributed by atoms with E-state index >= 15 is 0 Å². The summed E-state index contributed by atoms with van der Waals surface area (Å²) < 4.78 is 0. The summed E-state index contributed by atoms with van der Waals surface area (Å²) in [5.41, 5.74) is 7.63. The van der Waals surface area contributed by atoms with Gasteiger partial charge in [0.2, 0.25) is 0 Å². The molecule has 0 bridgehead atoms. The van der Waals surface area contributed by atoms with E-state index in [0.29, 0.717) is 21.3 Å². The van der Waals surface area contributed by atoms with Crippen molar-refractivity contribution in [2.75, 3.05) is 5.32 Å². The summed E-state index contributed by atoms with van der Waals surface area (Å²) in [6, 6.07) is 17.1. The predicted octanol–water partition coefficient (Wildman–Crippen LogP) is 7.69. The summed E-state index contributed by atoms with van der Waals surface area (Å²) in [6.45, 7) is 7.99. The number of carbonyl (C=O) groups excluding carboxylic acids is 1. The van der Waals surface area contributed by atoms with Gasteiger partial charge in [-0.05, 0) is 74.7 Å². The number of para-hydroxylation sites is 1. The molecule has 1 amide bonds. The maximum absolute atomic E-state index is 13.5. The van der Waals surface area contributed by atoms with Crippen molar-refractivity contribution in [1.29, 1.82) is 0 Å². The molecule has 1 N–H and O–H groups in total. The van der Waals surface area contributed by atoms with Crippen LogP contribution >= 0.6 is 23.2 Å². The van der Waals surface area contributed by atoms with Gasteiger partial charge in [-0.2, -0.15) is 0 Å². The Balaban J connectivity index is 1.93. The molecule has 5 heteroatoms. The molecule has 0 aliphatic carbocycles. The summed E-state index contributed by atoms with van der Waals surface area (Å²) in [5, 5.41) is 4.96. The third-order valence-corrected chi connectivity index (χ3v) is 5.97. The van der Waals surface area contributed by atoms with Crippen LogP contribution in [0.15, 0.2) is 54.6 Å². The van der Waals surface area contributed by atoms with Crippen molar-refractivity contribution in [1.82, 2.24) is 4.98 Å². The summed E-state index contributed by atoms with van der Waals surface area (Å²) >= 11 is 12.5. The smallest absolute Gasteiger partial charge is 0.256 e. The zero-order valence-corrected chi connectivity index (χ0v) is 19.3. The van der Waals surface area contributed by atoms with Gasteiger partial charge in [-0.25, -0.2) is 4.98 Å². The third-order valence-electron chi connectivity index (χ3n) is 5.42. The fourth-order valence-electron chi connectivity index (χ4n) is 3.90. The van der Waals surface area contributed by atoms with Crippen LogP contribution in [0, 0.1) is 27.7 Å². The Morgan fingerprint density at radius 3 is 2.26 bits per heavy atom. The van der Waals surface area contributed by atoms with Crippen molar-refractivity contribution in [3.8, 4) is 11.3 Å². The first-order chi connectivity index (χ1) is 14.7. The van der Waals surface area contributed by atoms with Crippen LogP contribution in [-0.4, -0.2) is 10.9 Å². The van der Waals surface area contributed by atoms with Crippen molar-refractivity contribution in [2.24, 2.45) is 0 Å². The lowest BCUT2D eigenvalue weighted by molar-refractivity contribution is 0.102. The van der Waals surface area contributed by atoms with E-state index < -0.39 is 0 Å². The van der Waals surface area contributed by atoms with Crippen LogP contribution < -0.4 is 5.32 Å². The maximum atomic E-state index is 13.5. The molecule has 0 spiro atoms. The third kappa shape index (κ3) is 4.16. The summed E-state index contributed by atoms with van der Waals surface area (Å²) in [7, 11) is 0. The Morgan fingerprint density at radius 1 is 0.871 bits per heavy atom. The van der Waals surface area contributed by atoms with Gasteiger partial charge in [0.15, 0.2) is 0 Å². The van der Waals surface area contributed by atoms with Crippen molar-refractivity contribution in [3.63, 3.8) is 0 Å². The molecule has 0 saturated carbocycles. The minimum absolute atomic E-state index is 0.180. The molecule has 3 nitrogen and oxygen atoms in total. The number of anilines is 1. The predicted molar refractivity (Wildman–Crippen MR) is 131 cm³/mol. The Bertz CT molecular complexity index is 1330. The summed E-state index contributed by atoms with van der Waals surface area (Å²) in [4.78, 5) is 18.3. The molecule has 31 heavy (non-hydrogen) atoms. The molecule has 3 aromatic carbocycles. The normalized spacial score (nSPS) is 11.0. The van der Waals surface area contributed by atoms with Crippen LogP contribution in [0.25, 0.3) is 22.2 Å². The molecule has 0 atom stereocenters. The summed E-state index contributed by atoms with van der Waals surface area (Å²) in [5.74, 6) is -0.180. The fraction of sp³-hybridized carbons (Fsp3) is 0.154. The van der Waals surface area contributed by atoms with Gasteiger partial charge in [0.25, 0.3) is 5.91 Å². The monoisotopic (exact) mass is 448 g/mol. The van der Waals surface area contributed by atoms with Crippen LogP contribution in [0.1, 0.15) is 32.6 Å². The van der Waals surface area contributed by atoms with E-state index in [-0.39, 0.29) is 5.91 Å². The Morgan fingerprint density at radius 2 is 1.58 bits per heavy atom. The number of nitrogens with zero attached hydrogens (tertiary/aromatic N) is 1. The highest BCUT2D eigenvalue weighted by molar-refractivity contribution is 6.36. The molecule has 0 saturated heterocycles. The standard InChI is InChI=1S/C26H22Cl2N2O/c1-14-10-17(4)25-20(11-14)21(26(31)30-24-15(2)6-5-7-16(24)3)13-23(29-25)19-9-8-18(27)12-22(19)28/h5-13H,1-4H3,(H,30,31). The van der Waals surface area contributed by atoms with Gasteiger partial charge in [0.1, 0.15) is 0 Å². The largest absolute Gasteiger partial charge is 0.321 e. The van der Waals surface area contributed by atoms with Gasteiger partial charge in [-0.1, -0.05) is 53.0 Å². The second-order valence-corrected chi connectivity index (χ2v) is 8.72. The molecule has 156 valence electrons. The minimum Gasteiger partial charge on any atom is -0.321 e. The van der Waals surface area contributed by atoms with Crippen LogP contribution in [0.3, 0.4) is 0 Å². The van der Waals surface area contributed by atoms with Crippen molar-refractivity contribution in [3.05, 3.63) is 92.5 Å². The molecule has 1 heterocycles. The lowest BCUT2D eigenvalue weighted by Crippen LogP contribution is -2.15. The average molecular weight is 449 g/mol. The number of halogens is 2. The molecule has 4 rings (SSSR count). The first kappa shape index (κ1) is 21.4. The molecule has 0 fully saturated rings. The first-order valence-corrected chi connectivity index (χ1v) is 10.7. The highest BCUT2D eigenvalue weighted by Gasteiger charge is 2.18. The lowest BCUT2D eigenvalue weighted by Gasteiger charge is -2.15. The Labute approximate surface area is 192 Å². The summed E-state index contributed by atoms with van der Waals surface area (Å²) in [6.07, 6.45) is 0. The van der Waals surface area contributed by atoms with E-state index in [1.54, 1.807) is 18.2 Å². The molecule has 4 aromatic rings. The van der Waals surface area contributed by atoms with Gasteiger partial charge >= 0.3 is 0 Å². The van der Waals surface area contributed by atoms with Crippen LogP contribution in [0.5, 0.6) is 0 Å². The molecule has 0 radical (unpaired) electrons. The van der Waals surface area contributed by atoms with E-state index in [1.807, 2.05) is 58.0 Å². The highest BCUT2D eigenvalue weighted by atomic mass is 35.5. The van der Waals surface area contributed by atoms with Crippen molar-refractivity contribution < 1.29 is 4.79 Å². The molecular formula is C26H22Cl2N2O. The molecule has 1 aromatic heterocycles. The Hall–Kier alpha value is -2.88. The van der Waals surface area contributed by atoms with Crippen molar-refractivity contribution in [2.45, 2.75) is 27.7 Å². The van der Waals surface area contributed by atoms with E-state index in [9.17, 15) is 4.79 Å². The van der Waals surface area contributed by atoms with Gasteiger partial charge < -0.3 is 5.32 Å². The quantitative estimate of drug-likeness (QED) is 0.348. The van der Waals surface area contributed by atoms with Crippen LogP contribution in [-0.2, 0) is 0 Å². The second kappa shape index (κ2) is 8.33. The minimum atomic E-state index is -0.180. The van der Waals surface area contributed by atoms with E-state index in [1.165, 1.54) is 0 Å².